The Hall–Kier alpha value is -1.60. The molecule has 1 aromatic carbocycles. The summed E-state index contributed by atoms with van der Waals surface area (Å²) >= 11 is 0. The van der Waals surface area contributed by atoms with Crippen LogP contribution in [0.3, 0.4) is 0 Å². The maximum absolute atomic E-state index is 12.2. The van der Waals surface area contributed by atoms with E-state index in [1.807, 2.05) is 24.3 Å². The minimum atomic E-state index is -3.35. The Labute approximate surface area is 125 Å². The van der Waals surface area contributed by atoms with E-state index in [1.165, 1.54) is 0 Å². The summed E-state index contributed by atoms with van der Waals surface area (Å²) in [7, 11) is -1.75. The molecule has 7 heteroatoms. The summed E-state index contributed by atoms with van der Waals surface area (Å²) in [4.78, 5) is 13.9. The first-order valence-electron chi connectivity index (χ1n) is 6.76. The Balaban J connectivity index is 1.99. The molecule has 0 aromatic heterocycles. The maximum atomic E-state index is 12.2. The summed E-state index contributed by atoms with van der Waals surface area (Å²) in [5.74, 6) is 0.570. The molecule has 0 unspecified atom stereocenters. The molecule has 0 saturated heterocycles. The minimum absolute atomic E-state index is 0.189. The van der Waals surface area contributed by atoms with Crippen LogP contribution in [-0.2, 0) is 21.4 Å². The van der Waals surface area contributed by atoms with Gasteiger partial charge in [-0.3, -0.25) is 4.79 Å². The third kappa shape index (κ3) is 5.02. The fourth-order valence-electron chi connectivity index (χ4n) is 2.03. The number of carbonyl (C=O) groups is 1. The fourth-order valence-corrected chi connectivity index (χ4v) is 2.41. The monoisotopic (exact) mass is 312 g/mol. The number of hydrogen-bond donors (Lipinski definition) is 1. The van der Waals surface area contributed by atoms with E-state index < -0.39 is 10.0 Å². The molecule has 6 nitrogen and oxygen atoms in total. The van der Waals surface area contributed by atoms with E-state index in [1.54, 1.807) is 12.0 Å². The topological polar surface area (TPSA) is 75.7 Å². The van der Waals surface area contributed by atoms with Gasteiger partial charge in [-0.2, -0.15) is 0 Å². The first-order chi connectivity index (χ1) is 9.89. The summed E-state index contributed by atoms with van der Waals surface area (Å²) in [5, 5.41) is 0. The average Bonchev–Trinajstić information content (AvgIpc) is 3.26. The van der Waals surface area contributed by atoms with Crippen LogP contribution in [-0.4, -0.2) is 45.2 Å². The van der Waals surface area contributed by atoms with Crippen molar-refractivity contribution in [3.63, 3.8) is 0 Å². The van der Waals surface area contributed by atoms with Crippen molar-refractivity contribution in [3.05, 3.63) is 29.8 Å². The predicted molar refractivity (Wildman–Crippen MR) is 79.4 cm³/mol. The number of ether oxygens (including phenoxy) is 1. The van der Waals surface area contributed by atoms with Crippen LogP contribution in [0.25, 0.3) is 0 Å². The van der Waals surface area contributed by atoms with Gasteiger partial charge in [0.2, 0.25) is 15.9 Å². The highest BCUT2D eigenvalue weighted by Gasteiger charge is 2.32. The van der Waals surface area contributed by atoms with Gasteiger partial charge in [-0.25, -0.2) is 13.1 Å². The summed E-state index contributed by atoms with van der Waals surface area (Å²) in [6, 6.07) is 7.73. The lowest BCUT2D eigenvalue weighted by molar-refractivity contribution is -0.131. The normalized spacial score (nSPS) is 14.8. The second kappa shape index (κ2) is 6.44. The van der Waals surface area contributed by atoms with Gasteiger partial charge >= 0.3 is 0 Å². The Morgan fingerprint density at radius 2 is 1.95 bits per heavy atom. The van der Waals surface area contributed by atoms with Gasteiger partial charge in [0, 0.05) is 12.6 Å². The van der Waals surface area contributed by atoms with Gasteiger partial charge in [-0.1, -0.05) is 12.1 Å². The number of rotatable bonds is 7. The Morgan fingerprint density at radius 1 is 1.33 bits per heavy atom. The smallest absolute Gasteiger partial charge is 0.238 e. The molecular formula is C14H20N2O4S. The number of sulfonamides is 1. The van der Waals surface area contributed by atoms with E-state index in [0.717, 1.165) is 30.4 Å². The van der Waals surface area contributed by atoms with Crippen LogP contribution in [0, 0.1) is 0 Å². The summed E-state index contributed by atoms with van der Waals surface area (Å²) in [6.45, 7) is 0.296. The lowest BCUT2D eigenvalue weighted by Crippen LogP contribution is -2.40. The zero-order valence-electron chi connectivity index (χ0n) is 12.2. The van der Waals surface area contributed by atoms with Gasteiger partial charge in [0.25, 0.3) is 0 Å². The number of hydrogen-bond acceptors (Lipinski definition) is 4. The number of benzene rings is 1. The highest BCUT2D eigenvalue weighted by molar-refractivity contribution is 7.88. The average molecular weight is 312 g/mol. The van der Waals surface area contributed by atoms with Crippen molar-refractivity contribution in [2.75, 3.05) is 19.9 Å². The fraction of sp³-hybridized carbons (Fsp3) is 0.500. The highest BCUT2D eigenvalue weighted by Crippen LogP contribution is 2.28. The predicted octanol–water partition coefficient (Wildman–Crippen LogP) is 0.735. The van der Waals surface area contributed by atoms with Gasteiger partial charge in [0.15, 0.2) is 0 Å². The zero-order valence-corrected chi connectivity index (χ0v) is 13.0. The van der Waals surface area contributed by atoms with Crippen molar-refractivity contribution in [3.8, 4) is 5.75 Å². The third-order valence-corrected chi connectivity index (χ3v) is 3.97. The molecule has 0 radical (unpaired) electrons. The number of nitrogens with zero attached hydrogens (tertiary/aromatic N) is 1. The highest BCUT2D eigenvalue weighted by atomic mass is 32.2. The number of carbonyl (C=O) groups excluding carboxylic acids is 1. The molecule has 1 saturated carbocycles. The standard InChI is InChI=1S/C14H20N2O4S/c1-20-13-7-3-11(4-8-13)10-16(12-5-6-12)14(17)9-15-21(2,18)19/h3-4,7-8,12,15H,5-6,9-10H2,1-2H3. The van der Waals surface area contributed by atoms with Crippen LogP contribution < -0.4 is 9.46 Å². The first kappa shape index (κ1) is 15.8. The largest absolute Gasteiger partial charge is 0.497 e. The van der Waals surface area contributed by atoms with Crippen molar-refractivity contribution in [1.82, 2.24) is 9.62 Å². The van der Waals surface area contributed by atoms with Crippen molar-refractivity contribution in [2.24, 2.45) is 0 Å². The number of nitrogens with one attached hydrogen (secondary N) is 1. The molecule has 0 aliphatic heterocycles. The molecular weight excluding hydrogens is 292 g/mol. The quantitative estimate of drug-likeness (QED) is 0.805. The molecule has 1 aromatic rings. The van der Waals surface area contributed by atoms with Gasteiger partial charge in [-0.05, 0) is 30.5 Å². The Kier molecular flexibility index (Phi) is 4.84. The molecule has 1 fully saturated rings. The molecule has 1 amide bonds. The number of methoxy groups -OCH3 is 1. The molecule has 1 aliphatic rings. The van der Waals surface area contributed by atoms with Crippen LogP contribution in [0.4, 0.5) is 0 Å². The van der Waals surface area contributed by atoms with E-state index in [4.69, 9.17) is 4.74 Å². The molecule has 116 valence electrons. The molecule has 1 aliphatic carbocycles. The Bertz CT molecular complexity index is 594. The minimum Gasteiger partial charge on any atom is -0.497 e. The van der Waals surface area contributed by atoms with Crippen LogP contribution in [0.1, 0.15) is 18.4 Å². The van der Waals surface area contributed by atoms with Crippen LogP contribution in [0.2, 0.25) is 0 Å². The van der Waals surface area contributed by atoms with Crippen molar-refractivity contribution >= 4 is 15.9 Å². The lowest BCUT2D eigenvalue weighted by Gasteiger charge is -2.22. The van der Waals surface area contributed by atoms with Gasteiger partial charge in [-0.15, -0.1) is 0 Å². The molecule has 21 heavy (non-hydrogen) atoms. The number of amides is 1. The summed E-state index contributed by atoms with van der Waals surface area (Å²) in [6.07, 6.45) is 2.99. The van der Waals surface area contributed by atoms with Crippen molar-refractivity contribution < 1.29 is 17.9 Å². The molecule has 0 atom stereocenters. The van der Waals surface area contributed by atoms with Crippen LogP contribution in [0.5, 0.6) is 5.75 Å². The lowest BCUT2D eigenvalue weighted by atomic mass is 10.2. The van der Waals surface area contributed by atoms with Crippen LogP contribution >= 0.6 is 0 Å². The van der Waals surface area contributed by atoms with Gasteiger partial charge < -0.3 is 9.64 Å². The molecule has 0 spiro atoms. The first-order valence-corrected chi connectivity index (χ1v) is 8.65. The summed E-state index contributed by atoms with van der Waals surface area (Å²) < 4.78 is 29.5. The van der Waals surface area contributed by atoms with Gasteiger partial charge in [0.05, 0.1) is 19.9 Å². The van der Waals surface area contributed by atoms with Gasteiger partial charge in [0.1, 0.15) is 5.75 Å². The van der Waals surface area contributed by atoms with Crippen molar-refractivity contribution in [2.45, 2.75) is 25.4 Å². The second-order valence-corrected chi connectivity index (χ2v) is 7.03. The van der Waals surface area contributed by atoms with E-state index >= 15 is 0 Å². The van der Waals surface area contributed by atoms with E-state index in [2.05, 4.69) is 4.72 Å². The third-order valence-electron chi connectivity index (χ3n) is 3.31. The summed E-state index contributed by atoms with van der Waals surface area (Å²) in [5.41, 5.74) is 0.996. The molecule has 1 N–H and O–H groups in total. The van der Waals surface area contributed by atoms with E-state index in [0.29, 0.717) is 6.54 Å². The van der Waals surface area contributed by atoms with Crippen LogP contribution in [0.15, 0.2) is 24.3 Å². The molecule has 0 heterocycles. The second-order valence-electron chi connectivity index (χ2n) is 5.19. The zero-order chi connectivity index (χ0) is 15.5. The maximum Gasteiger partial charge on any atom is 0.238 e. The van der Waals surface area contributed by atoms with Crippen molar-refractivity contribution in [1.29, 1.82) is 0 Å². The molecule has 0 bridgehead atoms. The molecule has 2 rings (SSSR count). The van der Waals surface area contributed by atoms with E-state index in [-0.39, 0.29) is 18.5 Å². The SMILES string of the molecule is COc1ccc(CN(C(=O)CNS(C)(=O)=O)C2CC2)cc1. The van der Waals surface area contributed by atoms with E-state index in [9.17, 15) is 13.2 Å². The Morgan fingerprint density at radius 3 is 2.43 bits per heavy atom.